The Kier molecular flexibility index (Phi) is 4.34. The number of aryl methyl sites for hydroxylation is 1. The van der Waals surface area contributed by atoms with Crippen molar-refractivity contribution >= 4 is 11.7 Å². The van der Waals surface area contributed by atoms with Crippen molar-refractivity contribution in [1.82, 2.24) is 14.9 Å². The molecule has 3 rings (SSSR count). The summed E-state index contributed by atoms with van der Waals surface area (Å²) in [7, 11) is 0. The highest BCUT2D eigenvalue weighted by atomic mass is 16.5. The maximum Gasteiger partial charge on any atom is 0.227 e. The zero-order valence-corrected chi connectivity index (χ0v) is 12.5. The molecule has 0 bridgehead atoms. The number of morpholine rings is 1. The lowest BCUT2D eigenvalue weighted by molar-refractivity contribution is -0.138. The molecular formula is C15H22N4O2. The second kappa shape index (κ2) is 6.39. The first-order valence-electron chi connectivity index (χ1n) is 7.70. The van der Waals surface area contributed by atoms with Gasteiger partial charge in [0.1, 0.15) is 12.1 Å². The zero-order valence-electron chi connectivity index (χ0n) is 12.5. The number of ether oxygens (including phenoxy) is 1. The Morgan fingerprint density at radius 3 is 2.90 bits per heavy atom. The predicted molar refractivity (Wildman–Crippen MR) is 79.1 cm³/mol. The Bertz CT molecular complexity index is 502. The molecule has 0 aliphatic carbocycles. The van der Waals surface area contributed by atoms with E-state index in [1.807, 2.05) is 11.0 Å². The van der Waals surface area contributed by atoms with E-state index in [4.69, 9.17) is 4.74 Å². The summed E-state index contributed by atoms with van der Waals surface area (Å²) in [6, 6.07) is 2.03. The van der Waals surface area contributed by atoms with Gasteiger partial charge in [-0.2, -0.15) is 0 Å². The summed E-state index contributed by atoms with van der Waals surface area (Å²) < 4.78 is 5.31. The highest BCUT2D eigenvalue weighted by Crippen LogP contribution is 2.24. The smallest absolute Gasteiger partial charge is 0.227 e. The highest BCUT2D eigenvalue weighted by Gasteiger charge is 2.32. The Labute approximate surface area is 125 Å². The van der Waals surface area contributed by atoms with Gasteiger partial charge >= 0.3 is 0 Å². The summed E-state index contributed by atoms with van der Waals surface area (Å²) in [6.45, 7) is 6.51. The van der Waals surface area contributed by atoms with E-state index in [9.17, 15) is 4.79 Å². The number of anilines is 1. The van der Waals surface area contributed by atoms with Crippen LogP contribution in [0.2, 0.25) is 0 Å². The van der Waals surface area contributed by atoms with Gasteiger partial charge in [-0.1, -0.05) is 6.92 Å². The molecular weight excluding hydrogens is 268 g/mol. The van der Waals surface area contributed by atoms with E-state index < -0.39 is 0 Å². The molecule has 1 aromatic rings. The first-order chi connectivity index (χ1) is 10.3. The Hall–Kier alpha value is -1.69. The lowest BCUT2D eigenvalue weighted by Crippen LogP contribution is -2.44. The summed E-state index contributed by atoms with van der Waals surface area (Å²) >= 11 is 0. The molecule has 6 nitrogen and oxygen atoms in total. The topological polar surface area (TPSA) is 58.6 Å². The predicted octanol–water partition coefficient (Wildman–Crippen LogP) is 0.724. The quantitative estimate of drug-likeness (QED) is 0.821. The van der Waals surface area contributed by atoms with Crippen LogP contribution in [0.1, 0.15) is 19.0 Å². The van der Waals surface area contributed by atoms with Crippen LogP contribution in [0.25, 0.3) is 0 Å². The fourth-order valence-corrected chi connectivity index (χ4v) is 2.96. The fraction of sp³-hybridized carbons (Fsp3) is 0.667. The second-order valence-corrected chi connectivity index (χ2v) is 5.59. The molecule has 21 heavy (non-hydrogen) atoms. The van der Waals surface area contributed by atoms with Gasteiger partial charge in [-0.25, -0.2) is 9.97 Å². The molecule has 0 radical (unpaired) electrons. The number of carbonyl (C=O) groups excluding carboxylic acids is 1. The summed E-state index contributed by atoms with van der Waals surface area (Å²) in [5, 5.41) is 0. The van der Waals surface area contributed by atoms with Gasteiger partial charge in [-0.15, -0.1) is 0 Å². The van der Waals surface area contributed by atoms with Crippen molar-refractivity contribution in [3.05, 3.63) is 18.1 Å². The lowest BCUT2D eigenvalue weighted by atomic mass is 10.1. The third-order valence-electron chi connectivity index (χ3n) is 4.26. The molecule has 3 heterocycles. The summed E-state index contributed by atoms with van der Waals surface area (Å²) in [6.07, 6.45) is 3.42. The molecule has 2 fully saturated rings. The largest absolute Gasteiger partial charge is 0.378 e. The Balaban J connectivity index is 1.63. The van der Waals surface area contributed by atoms with E-state index in [1.165, 1.54) is 0 Å². The van der Waals surface area contributed by atoms with Gasteiger partial charge in [0.15, 0.2) is 0 Å². The molecule has 0 N–H and O–H groups in total. The second-order valence-electron chi connectivity index (χ2n) is 5.59. The number of amides is 1. The molecule has 1 unspecified atom stereocenters. The monoisotopic (exact) mass is 290 g/mol. The normalized spacial score (nSPS) is 22.6. The minimum atomic E-state index is 0.0862. The van der Waals surface area contributed by atoms with Crippen molar-refractivity contribution in [3.63, 3.8) is 0 Å². The number of aromatic nitrogens is 2. The summed E-state index contributed by atoms with van der Waals surface area (Å²) in [5.41, 5.74) is 1.04. The van der Waals surface area contributed by atoms with E-state index in [1.54, 1.807) is 6.33 Å². The number of hydrogen-bond donors (Lipinski definition) is 0. The van der Waals surface area contributed by atoms with Crippen LogP contribution in [0.15, 0.2) is 12.4 Å². The minimum Gasteiger partial charge on any atom is -0.378 e. The van der Waals surface area contributed by atoms with Gasteiger partial charge in [0.2, 0.25) is 5.91 Å². The molecule has 1 amide bonds. The number of hydrogen-bond acceptors (Lipinski definition) is 5. The van der Waals surface area contributed by atoms with E-state index in [-0.39, 0.29) is 11.8 Å². The van der Waals surface area contributed by atoms with Crippen LogP contribution < -0.4 is 4.90 Å². The van der Waals surface area contributed by atoms with Gasteiger partial charge in [0.05, 0.1) is 19.1 Å². The standard InChI is InChI=1S/C15H22N4O2/c1-2-13-9-14(17-11-16-13)19-4-3-12(10-19)15(20)18-5-7-21-8-6-18/h9,11-12H,2-8,10H2,1H3. The fourth-order valence-electron chi connectivity index (χ4n) is 2.96. The highest BCUT2D eigenvalue weighted by molar-refractivity contribution is 5.80. The van der Waals surface area contributed by atoms with E-state index in [2.05, 4.69) is 21.8 Å². The van der Waals surface area contributed by atoms with E-state index in [0.717, 1.165) is 50.5 Å². The average molecular weight is 290 g/mol. The molecule has 1 aromatic heterocycles. The van der Waals surface area contributed by atoms with Gasteiger partial charge in [0.25, 0.3) is 0 Å². The van der Waals surface area contributed by atoms with Gasteiger partial charge < -0.3 is 14.5 Å². The lowest BCUT2D eigenvalue weighted by Gasteiger charge is -2.29. The maximum atomic E-state index is 12.5. The molecule has 1 atom stereocenters. The van der Waals surface area contributed by atoms with Crippen LogP contribution in [-0.2, 0) is 16.0 Å². The Morgan fingerprint density at radius 1 is 1.33 bits per heavy atom. The molecule has 2 aliphatic heterocycles. The third-order valence-corrected chi connectivity index (χ3v) is 4.26. The van der Waals surface area contributed by atoms with Crippen LogP contribution in [-0.4, -0.2) is 60.2 Å². The van der Waals surface area contributed by atoms with Crippen molar-refractivity contribution < 1.29 is 9.53 Å². The number of rotatable bonds is 3. The molecule has 0 spiro atoms. The van der Waals surface area contributed by atoms with Crippen molar-refractivity contribution in [2.75, 3.05) is 44.3 Å². The summed E-state index contributed by atoms with van der Waals surface area (Å²) in [4.78, 5) is 25.2. The van der Waals surface area contributed by atoms with Gasteiger partial charge in [0, 0.05) is 37.9 Å². The molecule has 2 saturated heterocycles. The van der Waals surface area contributed by atoms with Crippen LogP contribution in [0.5, 0.6) is 0 Å². The SMILES string of the molecule is CCc1cc(N2CCC(C(=O)N3CCOCC3)C2)ncn1. The first kappa shape index (κ1) is 14.3. The van der Waals surface area contributed by atoms with Gasteiger partial charge in [-0.3, -0.25) is 4.79 Å². The number of nitrogens with zero attached hydrogens (tertiary/aromatic N) is 4. The zero-order chi connectivity index (χ0) is 14.7. The molecule has 0 saturated carbocycles. The van der Waals surface area contributed by atoms with E-state index in [0.29, 0.717) is 13.2 Å². The summed E-state index contributed by atoms with van der Waals surface area (Å²) in [5.74, 6) is 1.30. The van der Waals surface area contributed by atoms with Crippen molar-refractivity contribution in [1.29, 1.82) is 0 Å². The van der Waals surface area contributed by atoms with Crippen LogP contribution >= 0.6 is 0 Å². The van der Waals surface area contributed by atoms with Gasteiger partial charge in [-0.05, 0) is 12.8 Å². The van der Waals surface area contributed by atoms with Crippen molar-refractivity contribution in [3.8, 4) is 0 Å². The average Bonchev–Trinajstić information content (AvgIpc) is 3.05. The maximum absolute atomic E-state index is 12.5. The van der Waals surface area contributed by atoms with Crippen LogP contribution in [0, 0.1) is 5.92 Å². The van der Waals surface area contributed by atoms with Crippen LogP contribution in [0.4, 0.5) is 5.82 Å². The third kappa shape index (κ3) is 3.15. The molecule has 114 valence electrons. The Morgan fingerprint density at radius 2 is 2.14 bits per heavy atom. The van der Waals surface area contributed by atoms with Crippen LogP contribution in [0.3, 0.4) is 0 Å². The van der Waals surface area contributed by atoms with Crippen molar-refractivity contribution in [2.45, 2.75) is 19.8 Å². The van der Waals surface area contributed by atoms with E-state index >= 15 is 0 Å². The number of carbonyl (C=O) groups is 1. The molecule has 2 aliphatic rings. The van der Waals surface area contributed by atoms with Crippen molar-refractivity contribution in [2.24, 2.45) is 5.92 Å². The molecule has 6 heteroatoms. The minimum absolute atomic E-state index is 0.0862. The molecule has 0 aromatic carbocycles. The first-order valence-corrected chi connectivity index (χ1v) is 7.70.